The molecule has 0 atom stereocenters. The molecule has 0 unspecified atom stereocenters. The number of nitrogens with one attached hydrogen (secondary N) is 1. The highest BCUT2D eigenvalue weighted by atomic mass is 35.5. The van der Waals surface area contributed by atoms with Gasteiger partial charge in [0.05, 0.1) is 18.4 Å². The third-order valence-electron chi connectivity index (χ3n) is 4.95. The number of halogens is 1. The Morgan fingerprint density at radius 2 is 1.74 bits per heavy atom. The molecule has 4 rings (SSSR count). The Labute approximate surface area is 201 Å². The number of rotatable bonds is 7. The number of amides is 1. The molecule has 1 N–H and O–H groups in total. The van der Waals surface area contributed by atoms with E-state index in [0.717, 1.165) is 10.8 Å². The summed E-state index contributed by atoms with van der Waals surface area (Å²) in [5.41, 5.74) is 3.98. The lowest BCUT2D eigenvalue weighted by Crippen LogP contribution is -2.17. The number of ether oxygens (including phenoxy) is 2. The van der Waals surface area contributed by atoms with Crippen LogP contribution in [0.3, 0.4) is 0 Å². The van der Waals surface area contributed by atoms with E-state index in [1.54, 1.807) is 48.5 Å². The first-order chi connectivity index (χ1) is 16.5. The fraction of sp³-hybridized carbons (Fsp3) is 0.0741. The second kappa shape index (κ2) is 10.6. The van der Waals surface area contributed by atoms with Crippen molar-refractivity contribution in [2.24, 2.45) is 5.10 Å². The summed E-state index contributed by atoms with van der Waals surface area (Å²) in [7, 11) is 0. The van der Waals surface area contributed by atoms with E-state index in [-0.39, 0.29) is 5.91 Å². The average molecular weight is 473 g/mol. The molecule has 0 spiro atoms. The van der Waals surface area contributed by atoms with Crippen LogP contribution in [0.2, 0.25) is 5.02 Å². The zero-order valence-electron chi connectivity index (χ0n) is 18.3. The van der Waals surface area contributed by atoms with Crippen molar-refractivity contribution in [2.75, 3.05) is 6.61 Å². The minimum absolute atomic E-state index is 0.292. The van der Waals surface area contributed by atoms with Crippen LogP contribution < -0.4 is 14.9 Å². The van der Waals surface area contributed by atoms with Crippen LogP contribution in [-0.4, -0.2) is 24.7 Å². The van der Waals surface area contributed by atoms with Crippen LogP contribution in [0.5, 0.6) is 11.5 Å². The highest BCUT2D eigenvalue weighted by Crippen LogP contribution is 2.30. The van der Waals surface area contributed by atoms with Gasteiger partial charge in [-0.05, 0) is 65.7 Å². The van der Waals surface area contributed by atoms with Crippen molar-refractivity contribution < 1.29 is 19.1 Å². The van der Waals surface area contributed by atoms with Gasteiger partial charge in [0.15, 0.2) is 11.5 Å². The van der Waals surface area contributed by atoms with Crippen molar-refractivity contribution in [1.82, 2.24) is 5.43 Å². The SMILES string of the molecule is CCOc1cc(/C=N\NC(=O)c2cccc(Cl)c2)ccc1OC(=O)c1cccc2ccccc12. The quantitative estimate of drug-likeness (QED) is 0.158. The number of benzene rings is 4. The molecule has 6 nitrogen and oxygen atoms in total. The summed E-state index contributed by atoms with van der Waals surface area (Å²) in [6.07, 6.45) is 1.47. The fourth-order valence-corrected chi connectivity index (χ4v) is 3.57. The first-order valence-electron chi connectivity index (χ1n) is 10.6. The van der Waals surface area contributed by atoms with Crippen LogP contribution in [0.1, 0.15) is 33.2 Å². The summed E-state index contributed by atoms with van der Waals surface area (Å²) in [6, 6.07) is 24.7. The molecule has 7 heteroatoms. The monoisotopic (exact) mass is 472 g/mol. The van der Waals surface area contributed by atoms with E-state index < -0.39 is 5.97 Å². The van der Waals surface area contributed by atoms with Gasteiger partial charge in [0.25, 0.3) is 5.91 Å². The lowest BCUT2D eigenvalue weighted by molar-refractivity contribution is 0.0730. The van der Waals surface area contributed by atoms with Gasteiger partial charge in [0.2, 0.25) is 0 Å². The van der Waals surface area contributed by atoms with Gasteiger partial charge in [0.1, 0.15) is 0 Å². The molecule has 0 heterocycles. The minimum atomic E-state index is -0.479. The van der Waals surface area contributed by atoms with E-state index in [9.17, 15) is 9.59 Å². The van der Waals surface area contributed by atoms with E-state index in [4.69, 9.17) is 21.1 Å². The zero-order chi connectivity index (χ0) is 23.9. The molecule has 170 valence electrons. The molecular formula is C27H21ClN2O4. The predicted molar refractivity (Wildman–Crippen MR) is 133 cm³/mol. The van der Waals surface area contributed by atoms with Crippen LogP contribution >= 0.6 is 11.6 Å². The molecule has 0 aliphatic carbocycles. The molecule has 34 heavy (non-hydrogen) atoms. The van der Waals surface area contributed by atoms with Gasteiger partial charge in [0, 0.05) is 10.6 Å². The molecule has 0 aromatic heterocycles. The van der Waals surface area contributed by atoms with Crippen LogP contribution in [0.15, 0.2) is 90.0 Å². The normalized spacial score (nSPS) is 10.9. The number of hydrogen-bond acceptors (Lipinski definition) is 5. The minimum Gasteiger partial charge on any atom is -0.490 e. The molecule has 0 radical (unpaired) electrons. The van der Waals surface area contributed by atoms with Gasteiger partial charge >= 0.3 is 5.97 Å². The molecule has 4 aromatic carbocycles. The number of hydrazone groups is 1. The van der Waals surface area contributed by atoms with Crippen molar-refractivity contribution in [2.45, 2.75) is 6.92 Å². The molecule has 0 saturated carbocycles. The second-order valence-electron chi connectivity index (χ2n) is 7.26. The van der Waals surface area contributed by atoms with Crippen LogP contribution in [0.4, 0.5) is 0 Å². The molecule has 0 fully saturated rings. The first kappa shape index (κ1) is 23.0. The number of fused-ring (bicyclic) bond motifs is 1. The highest BCUT2D eigenvalue weighted by Gasteiger charge is 2.15. The third kappa shape index (κ3) is 5.42. The lowest BCUT2D eigenvalue weighted by Gasteiger charge is -2.12. The Bertz CT molecular complexity index is 1380. The van der Waals surface area contributed by atoms with Gasteiger partial charge in [-0.15, -0.1) is 0 Å². The van der Waals surface area contributed by atoms with Crippen LogP contribution in [-0.2, 0) is 0 Å². The lowest BCUT2D eigenvalue weighted by atomic mass is 10.0. The second-order valence-corrected chi connectivity index (χ2v) is 7.70. The summed E-state index contributed by atoms with van der Waals surface area (Å²) in [5, 5.41) is 6.22. The van der Waals surface area contributed by atoms with Gasteiger partial charge in [-0.25, -0.2) is 10.2 Å². The number of carbonyl (C=O) groups is 2. The Hall–Kier alpha value is -4.16. The maximum Gasteiger partial charge on any atom is 0.344 e. The Morgan fingerprint density at radius 3 is 2.56 bits per heavy atom. The van der Waals surface area contributed by atoms with E-state index in [2.05, 4.69) is 10.5 Å². The molecule has 0 saturated heterocycles. The highest BCUT2D eigenvalue weighted by molar-refractivity contribution is 6.31. The van der Waals surface area contributed by atoms with E-state index in [1.807, 2.05) is 43.3 Å². The van der Waals surface area contributed by atoms with Crippen LogP contribution in [0, 0.1) is 0 Å². The summed E-state index contributed by atoms with van der Waals surface area (Å²) in [6.45, 7) is 2.22. The standard InChI is InChI=1S/C27H21ClN2O4/c1-2-33-25-15-18(17-29-30-26(31)20-9-5-10-21(28)16-20)13-14-24(25)34-27(32)23-12-6-8-19-7-3-4-11-22(19)23/h3-17H,2H2,1H3,(H,30,31)/b29-17-. The van der Waals surface area contributed by atoms with E-state index in [0.29, 0.717) is 39.8 Å². The molecule has 4 aromatic rings. The van der Waals surface area contributed by atoms with Gasteiger partial charge in [-0.2, -0.15) is 5.10 Å². The molecule has 0 aliphatic heterocycles. The smallest absolute Gasteiger partial charge is 0.344 e. The van der Waals surface area contributed by atoms with Crippen LogP contribution in [0.25, 0.3) is 10.8 Å². The Kier molecular flexibility index (Phi) is 7.20. The zero-order valence-corrected chi connectivity index (χ0v) is 19.1. The largest absolute Gasteiger partial charge is 0.490 e. The third-order valence-corrected chi connectivity index (χ3v) is 5.18. The topological polar surface area (TPSA) is 77.0 Å². The van der Waals surface area contributed by atoms with Gasteiger partial charge in [-0.1, -0.05) is 54.1 Å². The maximum atomic E-state index is 12.9. The summed E-state index contributed by atoms with van der Waals surface area (Å²) in [4.78, 5) is 25.1. The van der Waals surface area contributed by atoms with Crippen molar-refractivity contribution in [3.63, 3.8) is 0 Å². The molecule has 0 aliphatic rings. The Morgan fingerprint density at radius 1 is 0.941 bits per heavy atom. The number of nitrogens with zero attached hydrogens (tertiary/aromatic N) is 1. The summed E-state index contributed by atoms with van der Waals surface area (Å²) in [5.74, 6) is -0.182. The summed E-state index contributed by atoms with van der Waals surface area (Å²) < 4.78 is 11.3. The van der Waals surface area contributed by atoms with E-state index in [1.165, 1.54) is 6.21 Å². The first-order valence-corrected chi connectivity index (χ1v) is 11.0. The van der Waals surface area contributed by atoms with Gasteiger partial charge < -0.3 is 9.47 Å². The molecular weight excluding hydrogens is 452 g/mol. The van der Waals surface area contributed by atoms with Gasteiger partial charge in [-0.3, -0.25) is 4.79 Å². The number of carbonyl (C=O) groups excluding carboxylic acids is 2. The van der Waals surface area contributed by atoms with Crippen molar-refractivity contribution >= 4 is 40.5 Å². The van der Waals surface area contributed by atoms with Crippen molar-refractivity contribution in [3.8, 4) is 11.5 Å². The molecule has 1 amide bonds. The summed E-state index contributed by atoms with van der Waals surface area (Å²) >= 11 is 5.92. The van der Waals surface area contributed by atoms with E-state index >= 15 is 0 Å². The number of hydrogen-bond donors (Lipinski definition) is 1. The maximum absolute atomic E-state index is 12.9. The number of esters is 1. The molecule has 0 bridgehead atoms. The fourth-order valence-electron chi connectivity index (χ4n) is 3.38. The van der Waals surface area contributed by atoms with Crippen molar-refractivity contribution in [3.05, 3.63) is 107 Å². The Balaban J connectivity index is 1.50. The average Bonchev–Trinajstić information content (AvgIpc) is 2.85. The predicted octanol–water partition coefficient (Wildman–Crippen LogP) is 5.88. The van der Waals surface area contributed by atoms with Crippen molar-refractivity contribution in [1.29, 1.82) is 0 Å².